The number of carbonyl (C=O) groups is 1. The lowest BCUT2D eigenvalue weighted by atomic mass is 10.1. The fourth-order valence-electron chi connectivity index (χ4n) is 2.20. The number of carbonyl (C=O) groups excluding carboxylic acids is 1. The van der Waals surface area contributed by atoms with E-state index in [1.54, 1.807) is 0 Å². The van der Waals surface area contributed by atoms with Crippen LogP contribution >= 0.6 is 0 Å². The van der Waals surface area contributed by atoms with Gasteiger partial charge in [-0.05, 0) is 17.9 Å². The van der Waals surface area contributed by atoms with Gasteiger partial charge in [0.1, 0.15) is 0 Å². The van der Waals surface area contributed by atoms with E-state index in [0.717, 1.165) is 18.7 Å². The fraction of sp³-hybridized carbons (Fsp3) is 0.643. The quantitative estimate of drug-likeness (QED) is 0.450. The molecular weight excluding hydrogens is 242 g/mol. The molecule has 1 amide bonds. The molecule has 0 aliphatic heterocycles. The highest BCUT2D eigenvalue weighted by Gasteiger charge is 2.18. The van der Waals surface area contributed by atoms with Crippen LogP contribution in [0.3, 0.4) is 0 Å². The molecule has 1 rings (SSSR count). The van der Waals surface area contributed by atoms with E-state index in [9.17, 15) is 4.79 Å². The third-order valence-corrected chi connectivity index (χ3v) is 2.72. The topological polar surface area (TPSA) is 71.5 Å². The van der Waals surface area contributed by atoms with Crippen molar-refractivity contribution >= 4 is 5.91 Å². The van der Waals surface area contributed by atoms with Gasteiger partial charge >= 0.3 is 5.91 Å². The molecule has 0 unspecified atom stereocenters. The largest absolute Gasteiger partial charge is 0.459 e. The first-order valence-electron chi connectivity index (χ1n) is 6.73. The number of hydrogen-bond donors (Lipinski definition) is 2. The van der Waals surface area contributed by atoms with Crippen molar-refractivity contribution < 1.29 is 9.21 Å². The maximum absolute atomic E-state index is 11.6. The molecule has 0 aromatic carbocycles. The number of nitrogen functional groups attached to an aromatic ring is 1. The lowest BCUT2D eigenvalue weighted by Gasteiger charge is -2.25. The zero-order valence-electron chi connectivity index (χ0n) is 12.3. The molecule has 0 saturated heterocycles. The van der Waals surface area contributed by atoms with Crippen LogP contribution in [0.4, 0.5) is 0 Å². The number of nitrogens with zero attached hydrogens (tertiary/aromatic N) is 1. The predicted molar refractivity (Wildman–Crippen MR) is 75.3 cm³/mol. The van der Waals surface area contributed by atoms with Gasteiger partial charge in [-0.2, -0.15) is 0 Å². The summed E-state index contributed by atoms with van der Waals surface area (Å²) in [6.07, 6.45) is 1.53. The first kappa shape index (κ1) is 15.7. The minimum Gasteiger partial charge on any atom is -0.459 e. The number of nitrogens with two attached hydrogens (primary N) is 1. The number of nitrogens with one attached hydrogen (secondary N) is 1. The summed E-state index contributed by atoms with van der Waals surface area (Å²) in [5.41, 5.74) is 2.99. The van der Waals surface area contributed by atoms with Gasteiger partial charge in [-0.15, -0.1) is 0 Å². The molecule has 0 aliphatic rings. The van der Waals surface area contributed by atoms with E-state index in [4.69, 9.17) is 10.3 Å². The van der Waals surface area contributed by atoms with Crippen LogP contribution in [0.2, 0.25) is 0 Å². The van der Waals surface area contributed by atoms with E-state index < -0.39 is 0 Å². The van der Waals surface area contributed by atoms with Crippen LogP contribution in [0.1, 0.15) is 43.8 Å². The van der Waals surface area contributed by atoms with Crippen LogP contribution in [-0.4, -0.2) is 23.9 Å². The monoisotopic (exact) mass is 267 g/mol. The highest BCUT2D eigenvalue weighted by molar-refractivity contribution is 5.92. The molecule has 19 heavy (non-hydrogen) atoms. The van der Waals surface area contributed by atoms with E-state index in [0.29, 0.717) is 24.1 Å². The highest BCUT2D eigenvalue weighted by Crippen LogP contribution is 2.15. The summed E-state index contributed by atoms with van der Waals surface area (Å²) in [6.45, 7) is 11.5. The molecule has 0 fully saturated rings. The zero-order chi connectivity index (χ0) is 14.4. The summed E-state index contributed by atoms with van der Waals surface area (Å²) < 4.78 is 5.21. The maximum Gasteiger partial charge on any atom is 0.301 e. The zero-order valence-corrected chi connectivity index (χ0v) is 12.3. The third-order valence-electron chi connectivity index (χ3n) is 2.72. The second kappa shape index (κ2) is 7.31. The molecule has 1 aromatic rings. The first-order valence-corrected chi connectivity index (χ1v) is 6.73. The number of furan rings is 1. The highest BCUT2D eigenvalue weighted by atomic mass is 16.3. The Hall–Kier alpha value is -1.33. The van der Waals surface area contributed by atoms with Gasteiger partial charge in [-0.25, -0.2) is 5.84 Å². The third kappa shape index (κ3) is 5.04. The summed E-state index contributed by atoms with van der Waals surface area (Å²) >= 11 is 0. The lowest BCUT2D eigenvalue weighted by molar-refractivity contribution is 0.0922. The number of hydrazine groups is 1. The van der Waals surface area contributed by atoms with Crippen molar-refractivity contribution in [1.29, 1.82) is 0 Å². The Labute approximate surface area is 115 Å². The Morgan fingerprint density at radius 2 is 1.89 bits per heavy atom. The Kier molecular flexibility index (Phi) is 6.05. The van der Waals surface area contributed by atoms with Gasteiger partial charge in [0.15, 0.2) is 5.76 Å². The molecule has 3 N–H and O–H groups in total. The van der Waals surface area contributed by atoms with E-state index in [1.807, 2.05) is 6.07 Å². The van der Waals surface area contributed by atoms with Gasteiger partial charge in [-0.1, -0.05) is 27.7 Å². The van der Waals surface area contributed by atoms with Gasteiger partial charge in [0.05, 0.1) is 6.26 Å². The predicted octanol–water partition coefficient (Wildman–Crippen LogP) is 2.00. The normalized spacial score (nSPS) is 11.6. The Balaban J connectivity index is 2.78. The molecule has 0 bridgehead atoms. The van der Waals surface area contributed by atoms with Crippen molar-refractivity contribution in [3.8, 4) is 0 Å². The smallest absolute Gasteiger partial charge is 0.301 e. The van der Waals surface area contributed by atoms with Crippen LogP contribution in [0.5, 0.6) is 0 Å². The Morgan fingerprint density at radius 1 is 1.32 bits per heavy atom. The lowest BCUT2D eigenvalue weighted by Crippen LogP contribution is -2.33. The fourth-order valence-corrected chi connectivity index (χ4v) is 2.20. The standard InChI is InChI=1S/C14H25N3O2/c1-10(2)7-17(8-11(3)4)9-12-5-6-19-13(12)14(18)16-15/h5-6,10-11H,7-9,15H2,1-4H3,(H,16,18). The SMILES string of the molecule is CC(C)CN(Cc1ccoc1C(=O)NN)CC(C)C. The van der Waals surface area contributed by atoms with Crippen LogP contribution in [0.25, 0.3) is 0 Å². The second-order valence-electron chi connectivity index (χ2n) is 5.73. The Bertz CT molecular complexity index is 389. The molecule has 5 nitrogen and oxygen atoms in total. The van der Waals surface area contributed by atoms with Gasteiger partial charge in [-0.3, -0.25) is 15.1 Å². The summed E-state index contributed by atoms with van der Waals surface area (Å²) in [4.78, 5) is 13.9. The molecule has 108 valence electrons. The number of rotatable bonds is 7. The van der Waals surface area contributed by atoms with Crippen LogP contribution in [-0.2, 0) is 6.54 Å². The first-order chi connectivity index (χ1) is 8.93. The average Bonchev–Trinajstić information content (AvgIpc) is 2.74. The van der Waals surface area contributed by atoms with Crippen LogP contribution in [0, 0.1) is 11.8 Å². The van der Waals surface area contributed by atoms with Gasteiger partial charge in [0, 0.05) is 25.2 Å². The average molecular weight is 267 g/mol. The van der Waals surface area contributed by atoms with Crippen molar-refractivity contribution in [2.75, 3.05) is 13.1 Å². The van der Waals surface area contributed by atoms with Crippen LogP contribution < -0.4 is 11.3 Å². The van der Waals surface area contributed by atoms with E-state index >= 15 is 0 Å². The van der Waals surface area contributed by atoms with Crippen molar-refractivity contribution in [3.05, 3.63) is 23.7 Å². The van der Waals surface area contributed by atoms with Gasteiger partial charge < -0.3 is 4.42 Å². The number of hydrogen-bond acceptors (Lipinski definition) is 4. The van der Waals surface area contributed by atoms with Crippen molar-refractivity contribution in [3.63, 3.8) is 0 Å². The Morgan fingerprint density at radius 3 is 2.37 bits per heavy atom. The molecule has 1 heterocycles. The molecule has 0 spiro atoms. The summed E-state index contributed by atoms with van der Waals surface area (Å²) in [5, 5.41) is 0. The minimum atomic E-state index is -0.381. The van der Waals surface area contributed by atoms with Crippen molar-refractivity contribution in [2.45, 2.75) is 34.2 Å². The summed E-state index contributed by atoms with van der Waals surface area (Å²) in [6, 6.07) is 1.83. The molecule has 5 heteroatoms. The molecule has 1 aromatic heterocycles. The molecule has 0 atom stereocenters. The van der Waals surface area contributed by atoms with Gasteiger partial charge in [0.2, 0.25) is 0 Å². The summed E-state index contributed by atoms with van der Waals surface area (Å²) in [5.74, 6) is 6.24. The minimum absolute atomic E-state index is 0.306. The summed E-state index contributed by atoms with van der Waals surface area (Å²) in [7, 11) is 0. The second-order valence-corrected chi connectivity index (χ2v) is 5.73. The van der Waals surface area contributed by atoms with Crippen molar-refractivity contribution in [2.24, 2.45) is 17.7 Å². The van der Waals surface area contributed by atoms with Crippen molar-refractivity contribution in [1.82, 2.24) is 10.3 Å². The molecular formula is C14H25N3O2. The van der Waals surface area contributed by atoms with E-state index in [1.165, 1.54) is 6.26 Å². The molecule has 0 saturated carbocycles. The maximum atomic E-state index is 11.6. The van der Waals surface area contributed by atoms with Crippen LogP contribution in [0.15, 0.2) is 16.7 Å². The van der Waals surface area contributed by atoms with E-state index in [-0.39, 0.29) is 5.91 Å². The van der Waals surface area contributed by atoms with E-state index in [2.05, 4.69) is 38.0 Å². The van der Waals surface area contributed by atoms with Gasteiger partial charge in [0.25, 0.3) is 0 Å². The molecule has 0 radical (unpaired) electrons. The number of amides is 1. The molecule has 0 aliphatic carbocycles.